The fourth-order valence-electron chi connectivity index (χ4n) is 7.81. The molecule has 0 N–H and O–H groups in total. The molecule has 4 heterocycles. The highest BCUT2D eigenvalue weighted by molar-refractivity contribution is 6.16. The van der Waals surface area contributed by atoms with Crippen LogP contribution in [0.1, 0.15) is 15.1 Å². The van der Waals surface area contributed by atoms with Gasteiger partial charge in [0.1, 0.15) is 16.7 Å². The predicted octanol–water partition coefficient (Wildman–Crippen LogP) is 13.4. The molecule has 0 fully saturated rings. The second kappa shape index (κ2) is 12.3. The maximum Gasteiger partial charge on any atom is 0.164 e. The molecular formula is C51H30N4O2. The van der Waals surface area contributed by atoms with Crippen molar-refractivity contribution in [2.75, 3.05) is 0 Å². The minimum Gasteiger partial charge on any atom is -0.456 e. The van der Waals surface area contributed by atoms with Gasteiger partial charge in [-0.1, -0.05) is 139 Å². The molecule has 0 spiro atoms. The second-order valence-corrected chi connectivity index (χ2v) is 13.5. The maximum absolute atomic E-state index is 9.14. The van der Waals surface area contributed by atoms with Crippen molar-refractivity contribution in [3.8, 4) is 51.0 Å². The largest absolute Gasteiger partial charge is 0.456 e. The summed E-state index contributed by atoms with van der Waals surface area (Å²) in [6.45, 7) is 0. The number of para-hydroxylation sites is 3. The van der Waals surface area contributed by atoms with Gasteiger partial charge in [0.15, 0.2) is 23.1 Å². The number of benzene rings is 8. The molecule has 0 unspecified atom stereocenters. The molecule has 12 rings (SSSR count). The molecule has 0 aliphatic carbocycles. The van der Waals surface area contributed by atoms with Gasteiger partial charge in [0, 0.05) is 49.0 Å². The minimum atomic E-state index is -0.601. The van der Waals surface area contributed by atoms with Crippen LogP contribution < -0.4 is 0 Å². The summed E-state index contributed by atoms with van der Waals surface area (Å²) in [6.07, 6.45) is 0. The van der Waals surface area contributed by atoms with Gasteiger partial charge in [-0.2, -0.15) is 0 Å². The normalized spacial score (nSPS) is 14.6. The third-order valence-electron chi connectivity index (χ3n) is 10.3. The van der Waals surface area contributed by atoms with Gasteiger partial charge in [0.05, 0.1) is 31.8 Å². The zero-order chi connectivity index (χ0) is 47.0. The Hall–Kier alpha value is -7.83. The van der Waals surface area contributed by atoms with Crippen molar-refractivity contribution >= 4 is 65.7 Å². The lowest BCUT2D eigenvalue weighted by atomic mass is 9.99. The molecule has 0 atom stereocenters. The average molecular weight is 742 g/mol. The first-order chi connectivity index (χ1) is 32.8. The van der Waals surface area contributed by atoms with Crippen LogP contribution in [0.5, 0.6) is 0 Å². The highest BCUT2D eigenvalue weighted by atomic mass is 16.3. The molecule has 266 valence electrons. The van der Waals surface area contributed by atoms with E-state index >= 15 is 0 Å². The number of fused-ring (bicyclic) bond motifs is 9. The lowest BCUT2D eigenvalue weighted by Gasteiger charge is -2.10. The number of rotatable bonds is 5. The predicted molar refractivity (Wildman–Crippen MR) is 230 cm³/mol. The van der Waals surface area contributed by atoms with Crippen molar-refractivity contribution in [3.05, 3.63) is 182 Å². The summed E-state index contributed by atoms with van der Waals surface area (Å²) in [5.74, 6) is 0.694. The number of nitrogens with zero attached hydrogens (tertiary/aromatic N) is 4. The monoisotopic (exact) mass is 741 g/mol. The highest BCUT2D eigenvalue weighted by Gasteiger charge is 2.22. The standard InChI is InChI=1S/C51H30N4O2/c1-3-14-31(15-4-1)34-20-12-26-43-46(34)37-29-28-33(30-45(37)56-43)50-52-49(32-16-5-2-6-17-32)53-51(54-50)39-22-13-27-44-47(39)38-21-11-25-42(48(38)57-44)55-40-23-9-7-18-35(40)36-19-8-10-24-41(36)55/h1-30H/i7D,8D,9D,10D,11D,13D,18D,19D,23D,24D,27D. The number of hydrogen-bond donors (Lipinski definition) is 0. The van der Waals surface area contributed by atoms with E-state index in [4.69, 9.17) is 38.9 Å². The van der Waals surface area contributed by atoms with E-state index in [1.54, 1.807) is 0 Å². The molecule has 0 bridgehead atoms. The Morgan fingerprint density at radius 3 is 1.88 bits per heavy atom. The van der Waals surface area contributed by atoms with Gasteiger partial charge in [-0.15, -0.1) is 0 Å². The van der Waals surface area contributed by atoms with E-state index in [9.17, 15) is 0 Å². The smallest absolute Gasteiger partial charge is 0.164 e. The summed E-state index contributed by atoms with van der Waals surface area (Å²) in [6, 6.07) is 30.3. The quantitative estimate of drug-likeness (QED) is 0.176. The van der Waals surface area contributed by atoms with Gasteiger partial charge in [0.25, 0.3) is 0 Å². The number of hydrogen-bond acceptors (Lipinski definition) is 5. The Labute approximate surface area is 341 Å². The first kappa shape index (κ1) is 22.5. The van der Waals surface area contributed by atoms with Crippen LogP contribution >= 0.6 is 0 Å². The first-order valence-electron chi connectivity index (χ1n) is 23.6. The molecule has 57 heavy (non-hydrogen) atoms. The Morgan fingerprint density at radius 2 is 1.11 bits per heavy atom. The van der Waals surface area contributed by atoms with Crippen molar-refractivity contribution < 1.29 is 23.9 Å². The van der Waals surface area contributed by atoms with Crippen LogP contribution in [0.2, 0.25) is 0 Å². The van der Waals surface area contributed by atoms with E-state index in [1.165, 1.54) is 22.8 Å². The molecule has 0 saturated heterocycles. The van der Waals surface area contributed by atoms with Crippen molar-refractivity contribution in [1.82, 2.24) is 19.5 Å². The molecular weight excluding hydrogens is 701 g/mol. The van der Waals surface area contributed by atoms with Crippen LogP contribution in [0.25, 0.3) is 117 Å². The minimum absolute atomic E-state index is 0.00603. The summed E-state index contributed by atoms with van der Waals surface area (Å²) < 4.78 is 112. The van der Waals surface area contributed by atoms with Crippen LogP contribution in [0.4, 0.5) is 0 Å². The van der Waals surface area contributed by atoms with Gasteiger partial charge < -0.3 is 13.4 Å². The zero-order valence-corrected chi connectivity index (χ0v) is 29.6. The van der Waals surface area contributed by atoms with E-state index in [0.29, 0.717) is 28.1 Å². The van der Waals surface area contributed by atoms with E-state index in [0.717, 1.165) is 21.9 Å². The molecule has 0 radical (unpaired) electrons. The molecule has 6 heteroatoms. The van der Waals surface area contributed by atoms with Gasteiger partial charge in [0.2, 0.25) is 0 Å². The van der Waals surface area contributed by atoms with Crippen LogP contribution in [0.3, 0.4) is 0 Å². The van der Waals surface area contributed by atoms with Crippen molar-refractivity contribution in [2.24, 2.45) is 0 Å². The first-order valence-corrected chi connectivity index (χ1v) is 18.1. The zero-order valence-electron chi connectivity index (χ0n) is 40.6. The van der Waals surface area contributed by atoms with E-state index in [1.807, 2.05) is 78.9 Å². The van der Waals surface area contributed by atoms with E-state index in [-0.39, 0.29) is 84.8 Å². The molecule has 8 aromatic carbocycles. The lowest BCUT2D eigenvalue weighted by Crippen LogP contribution is -2.00. The Bertz CT molecular complexity index is 4090. The van der Waals surface area contributed by atoms with Crippen LogP contribution in [0, 0.1) is 0 Å². The number of aromatic nitrogens is 4. The van der Waals surface area contributed by atoms with E-state index in [2.05, 4.69) is 18.2 Å². The molecule has 0 saturated carbocycles. The highest BCUT2D eigenvalue weighted by Crippen LogP contribution is 2.42. The van der Waals surface area contributed by atoms with Crippen LogP contribution in [-0.2, 0) is 0 Å². The summed E-state index contributed by atoms with van der Waals surface area (Å²) in [5.41, 5.74) is 4.55. The van der Waals surface area contributed by atoms with Crippen molar-refractivity contribution in [2.45, 2.75) is 0 Å². The average Bonchev–Trinajstić information content (AvgIpc) is 4.05. The SMILES string of the molecule is [2H]c1cc(-n2c3c([2H])c([2H])c([2H])c([2H])c3c3c([2H])c([2H])c([2H])c([2H])c32)c2oc3c([2H])c([2H])cc(-c4nc(-c5ccccc5)nc(-c5ccc6c(c5)oc5cccc(-c7ccccc7)c56)n4)c3c2c1. The summed E-state index contributed by atoms with van der Waals surface area (Å²) >= 11 is 0. The fourth-order valence-corrected chi connectivity index (χ4v) is 7.81. The molecule has 4 aromatic heterocycles. The van der Waals surface area contributed by atoms with Gasteiger partial charge in [-0.25, -0.2) is 15.0 Å². The summed E-state index contributed by atoms with van der Waals surface area (Å²) in [7, 11) is 0. The fraction of sp³-hybridized carbons (Fsp3) is 0. The van der Waals surface area contributed by atoms with Crippen LogP contribution in [-0.4, -0.2) is 19.5 Å². The molecule has 0 amide bonds. The molecule has 6 nitrogen and oxygen atoms in total. The lowest BCUT2D eigenvalue weighted by molar-refractivity contribution is 0.666. The van der Waals surface area contributed by atoms with Crippen molar-refractivity contribution in [3.63, 3.8) is 0 Å². The third-order valence-corrected chi connectivity index (χ3v) is 10.3. The molecule has 0 aliphatic heterocycles. The number of furan rings is 2. The summed E-state index contributed by atoms with van der Waals surface area (Å²) in [5, 5.41) is 2.09. The topological polar surface area (TPSA) is 69.9 Å². The second-order valence-electron chi connectivity index (χ2n) is 13.5. The molecule has 0 aliphatic rings. The van der Waals surface area contributed by atoms with Crippen LogP contribution in [0.15, 0.2) is 191 Å². The third kappa shape index (κ3) is 4.87. The Morgan fingerprint density at radius 1 is 0.421 bits per heavy atom. The molecule has 12 aromatic rings. The van der Waals surface area contributed by atoms with Gasteiger partial charge in [-0.05, 0) is 53.5 Å². The van der Waals surface area contributed by atoms with Gasteiger partial charge in [-0.3, -0.25) is 0 Å². The summed E-state index contributed by atoms with van der Waals surface area (Å²) in [4.78, 5) is 14.9. The Balaban J connectivity index is 1.14. The Kier molecular flexibility index (Phi) is 4.88. The maximum atomic E-state index is 9.14. The van der Waals surface area contributed by atoms with Crippen molar-refractivity contribution in [1.29, 1.82) is 0 Å². The van der Waals surface area contributed by atoms with Gasteiger partial charge >= 0.3 is 0 Å². The van der Waals surface area contributed by atoms with E-state index < -0.39 is 48.3 Å².